The Labute approximate surface area is 99.6 Å². The molecule has 0 bridgehead atoms. The van der Waals surface area contributed by atoms with E-state index in [-0.39, 0.29) is 5.91 Å². The van der Waals surface area contributed by atoms with E-state index in [4.69, 9.17) is 4.42 Å². The van der Waals surface area contributed by atoms with E-state index in [1.165, 1.54) is 6.26 Å². The van der Waals surface area contributed by atoms with Crippen LogP contribution in [0.5, 0.6) is 0 Å². The highest BCUT2D eigenvalue weighted by Crippen LogP contribution is 2.16. The third-order valence-electron chi connectivity index (χ3n) is 2.38. The minimum atomic E-state index is -0.237. The third kappa shape index (κ3) is 2.73. The molecule has 0 radical (unpaired) electrons. The van der Waals surface area contributed by atoms with Gasteiger partial charge in [-0.25, -0.2) is 0 Å². The summed E-state index contributed by atoms with van der Waals surface area (Å²) in [7, 11) is 1.87. The summed E-state index contributed by atoms with van der Waals surface area (Å²) in [5.41, 5.74) is 1.83. The smallest absolute Gasteiger partial charge is 0.291 e. The second-order valence-corrected chi connectivity index (χ2v) is 3.62. The van der Waals surface area contributed by atoms with Crippen LogP contribution in [0.25, 0.3) is 0 Å². The molecule has 1 aromatic carbocycles. The monoisotopic (exact) mass is 230 g/mol. The average molecular weight is 230 g/mol. The molecule has 88 valence electrons. The maximum atomic E-state index is 11.8. The summed E-state index contributed by atoms with van der Waals surface area (Å²) in [4.78, 5) is 11.8. The zero-order valence-corrected chi connectivity index (χ0v) is 9.57. The van der Waals surface area contributed by atoms with Gasteiger partial charge in [0.1, 0.15) is 0 Å². The highest BCUT2D eigenvalue weighted by molar-refractivity contribution is 6.02. The van der Waals surface area contributed by atoms with Crippen LogP contribution in [0.15, 0.2) is 47.1 Å². The number of amides is 1. The van der Waals surface area contributed by atoms with Gasteiger partial charge in [0.15, 0.2) is 5.76 Å². The van der Waals surface area contributed by atoms with Crippen LogP contribution in [-0.2, 0) is 6.54 Å². The average Bonchev–Trinajstić information content (AvgIpc) is 2.85. The van der Waals surface area contributed by atoms with E-state index in [0.717, 1.165) is 11.3 Å². The summed E-state index contributed by atoms with van der Waals surface area (Å²) < 4.78 is 5.04. The fourth-order valence-electron chi connectivity index (χ4n) is 1.58. The molecule has 2 rings (SSSR count). The summed E-state index contributed by atoms with van der Waals surface area (Å²) in [6.45, 7) is 0.703. The molecule has 1 aromatic heterocycles. The first-order valence-electron chi connectivity index (χ1n) is 5.38. The lowest BCUT2D eigenvalue weighted by Gasteiger charge is -2.09. The predicted molar refractivity (Wildman–Crippen MR) is 65.9 cm³/mol. The SMILES string of the molecule is CNCc1ccccc1NC(=O)c1ccco1. The second kappa shape index (κ2) is 5.32. The van der Waals surface area contributed by atoms with Crippen molar-refractivity contribution in [2.45, 2.75) is 6.54 Å². The molecule has 0 spiro atoms. The third-order valence-corrected chi connectivity index (χ3v) is 2.38. The topological polar surface area (TPSA) is 54.3 Å². The molecule has 0 unspecified atom stereocenters. The molecule has 1 amide bonds. The number of nitrogens with one attached hydrogen (secondary N) is 2. The van der Waals surface area contributed by atoms with Crippen molar-refractivity contribution in [2.75, 3.05) is 12.4 Å². The van der Waals surface area contributed by atoms with Crippen molar-refractivity contribution < 1.29 is 9.21 Å². The Bertz CT molecular complexity index is 492. The predicted octanol–water partition coefficient (Wildman–Crippen LogP) is 2.25. The van der Waals surface area contributed by atoms with Gasteiger partial charge >= 0.3 is 0 Å². The Morgan fingerprint density at radius 1 is 1.24 bits per heavy atom. The lowest BCUT2D eigenvalue weighted by molar-refractivity contribution is 0.0996. The number of carbonyl (C=O) groups is 1. The summed E-state index contributed by atoms with van der Waals surface area (Å²) in [6.07, 6.45) is 1.48. The minimum Gasteiger partial charge on any atom is -0.459 e. The Kier molecular flexibility index (Phi) is 3.57. The highest BCUT2D eigenvalue weighted by atomic mass is 16.3. The van der Waals surface area contributed by atoms with Gasteiger partial charge in [0.2, 0.25) is 0 Å². The number of carbonyl (C=O) groups excluding carboxylic acids is 1. The fraction of sp³-hybridized carbons (Fsp3) is 0.154. The summed E-state index contributed by atoms with van der Waals surface area (Å²) in [5, 5.41) is 5.88. The molecular weight excluding hydrogens is 216 g/mol. The number of hydrogen-bond donors (Lipinski definition) is 2. The Morgan fingerprint density at radius 2 is 2.06 bits per heavy atom. The first-order chi connectivity index (χ1) is 8.31. The van der Waals surface area contributed by atoms with Crippen molar-refractivity contribution >= 4 is 11.6 Å². The Hall–Kier alpha value is -2.07. The zero-order valence-electron chi connectivity index (χ0n) is 9.57. The summed E-state index contributed by atoms with van der Waals surface area (Å²) in [5.74, 6) is 0.0720. The Balaban J connectivity index is 2.15. The number of anilines is 1. The molecule has 0 aliphatic heterocycles. The van der Waals surface area contributed by atoms with Gasteiger partial charge in [0.25, 0.3) is 5.91 Å². The molecule has 0 aliphatic rings. The van der Waals surface area contributed by atoms with Crippen molar-refractivity contribution in [1.82, 2.24) is 5.32 Å². The van der Waals surface area contributed by atoms with Crippen molar-refractivity contribution in [2.24, 2.45) is 0 Å². The number of furan rings is 1. The lowest BCUT2D eigenvalue weighted by Crippen LogP contribution is -2.14. The van der Waals surface area contributed by atoms with E-state index in [0.29, 0.717) is 12.3 Å². The molecule has 0 atom stereocenters. The van der Waals surface area contributed by atoms with Gasteiger partial charge in [0, 0.05) is 12.2 Å². The molecule has 2 aromatic rings. The molecule has 2 N–H and O–H groups in total. The lowest BCUT2D eigenvalue weighted by atomic mass is 10.1. The quantitative estimate of drug-likeness (QED) is 0.847. The normalized spacial score (nSPS) is 10.2. The van der Waals surface area contributed by atoms with E-state index in [2.05, 4.69) is 10.6 Å². The highest BCUT2D eigenvalue weighted by Gasteiger charge is 2.10. The van der Waals surface area contributed by atoms with Crippen molar-refractivity contribution in [3.8, 4) is 0 Å². The van der Waals surface area contributed by atoms with E-state index < -0.39 is 0 Å². The van der Waals surface area contributed by atoms with Crippen molar-refractivity contribution in [1.29, 1.82) is 0 Å². The number of para-hydroxylation sites is 1. The van der Waals surface area contributed by atoms with Crippen LogP contribution in [0.3, 0.4) is 0 Å². The second-order valence-electron chi connectivity index (χ2n) is 3.62. The number of benzene rings is 1. The van der Waals surface area contributed by atoms with Crippen molar-refractivity contribution in [3.05, 3.63) is 54.0 Å². The van der Waals surface area contributed by atoms with Crippen LogP contribution in [0, 0.1) is 0 Å². The largest absolute Gasteiger partial charge is 0.459 e. The maximum Gasteiger partial charge on any atom is 0.291 e. The molecule has 0 fully saturated rings. The van der Waals surface area contributed by atoms with Gasteiger partial charge in [0.05, 0.1) is 6.26 Å². The van der Waals surface area contributed by atoms with E-state index in [1.807, 2.05) is 31.3 Å². The standard InChI is InChI=1S/C13H14N2O2/c1-14-9-10-5-2-3-6-11(10)15-13(16)12-7-4-8-17-12/h2-8,14H,9H2,1H3,(H,15,16). The van der Waals surface area contributed by atoms with Crippen LogP contribution in [0.2, 0.25) is 0 Å². The van der Waals surface area contributed by atoms with Gasteiger partial charge in [-0.2, -0.15) is 0 Å². The zero-order chi connectivity index (χ0) is 12.1. The molecule has 0 aliphatic carbocycles. The maximum absolute atomic E-state index is 11.8. The fourth-order valence-corrected chi connectivity index (χ4v) is 1.58. The number of hydrogen-bond acceptors (Lipinski definition) is 3. The van der Waals surface area contributed by atoms with Gasteiger partial charge in [-0.05, 0) is 30.8 Å². The van der Waals surface area contributed by atoms with E-state index in [1.54, 1.807) is 12.1 Å². The van der Waals surface area contributed by atoms with Crippen LogP contribution in [-0.4, -0.2) is 13.0 Å². The number of rotatable bonds is 4. The summed E-state index contributed by atoms with van der Waals surface area (Å²) in [6, 6.07) is 11.0. The van der Waals surface area contributed by atoms with Gasteiger partial charge in [-0.3, -0.25) is 4.79 Å². The Morgan fingerprint density at radius 3 is 2.76 bits per heavy atom. The van der Waals surface area contributed by atoms with Gasteiger partial charge < -0.3 is 15.1 Å². The van der Waals surface area contributed by atoms with Gasteiger partial charge in [-0.1, -0.05) is 18.2 Å². The minimum absolute atomic E-state index is 0.237. The molecule has 0 saturated heterocycles. The van der Waals surface area contributed by atoms with E-state index in [9.17, 15) is 4.79 Å². The first kappa shape index (κ1) is 11.4. The van der Waals surface area contributed by atoms with E-state index >= 15 is 0 Å². The van der Waals surface area contributed by atoms with Crippen LogP contribution >= 0.6 is 0 Å². The summed E-state index contributed by atoms with van der Waals surface area (Å²) >= 11 is 0. The first-order valence-corrected chi connectivity index (χ1v) is 5.38. The van der Waals surface area contributed by atoms with Crippen LogP contribution < -0.4 is 10.6 Å². The molecule has 4 heteroatoms. The van der Waals surface area contributed by atoms with Crippen LogP contribution in [0.4, 0.5) is 5.69 Å². The molecule has 0 saturated carbocycles. The molecular formula is C13H14N2O2. The van der Waals surface area contributed by atoms with Gasteiger partial charge in [-0.15, -0.1) is 0 Å². The molecule has 17 heavy (non-hydrogen) atoms. The van der Waals surface area contributed by atoms with Crippen LogP contribution in [0.1, 0.15) is 16.1 Å². The molecule has 1 heterocycles. The van der Waals surface area contributed by atoms with Crippen molar-refractivity contribution in [3.63, 3.8) is 0 Å². The molecule has 4 nitrogen and oxygen atoms in total.